The van der Waals surface area contributed by atoms with E-state index in [0.717, 1.165) is 0 Å². The summed E-state index contributed by atoms with van der Waals surface area (Å²) < 4.78 is 10.2. The summed E-state index contributed by atoms with van der Waals surface area (Å²) in [6.45, 7) is 0. The van der Waals surface area contributed by atoms with Crippen LogP contribution in [0.2, 0.25) is 0 Å². The van der Waals surface area contributed by atoms with E-state index in [-0.39, 0.29) is 43.3 Å². The van der Waals surface area contributed by atoms with Crippen molar-refractivity contribution in [3.63, 3.8) is 0 Å². The molecular formula is C10H14N6O4. The van der Waals surface area contributed by atoms with Crippen molar-refractivity contribution < 1.29 is 19.9 Å². The monoisotopic (exact) mass is 282 g/mol. The number of aromatic nitrogens is 2. The van der Waals surface area contributed by atoms with Crippen LogP contribution in [-0.4, -0.2) is 34.3 Å². The number of nitrogens with zero attached hydrogens (tertiary/aromatic N) is 2. The van der Waals surface area contributed by atoms with Gasteiger partial charge in [0.05, 0.1) is 36.4 Å². The van der Waals surface area contributed by atoms with Gasteiger partial charge in [0, 0.05) is 0 Å². The fraction of sp³-hybridized carbons (Fsp3) is 0.200. The van der Waals surface area contributed by atoms with Crippen LogP contribution in [0.5, 0.6) is 11.5 Å². The van der Waals surface area contributed by atoms with E-state index in [0.29, 0.717) is 0 Å². The van der Waals surface area contributed by atoms with E-state index >= 15 is 0 Å². The molecule has 0 unspecified atom stereocenters. The molecule has 20 heavy (non-hydrogen) atoms. The zero-order chi connectivity index (χ0) is 15.2. The molecule has 0 radical (unpaired) electrons. The number of ether oxygens (including phenoxy) is 2. The average molecular weight is 282 g/mol. The van der Waals surface area contributed by atoms with E-state index < -0.39 is 11.0 Å². The second kappa shape index (κ2) is 4.26. The summed E-state index contributed by atoms with van der Waals surface area (Å²) in [7, 11) is 2.68. The van der Waals surface area contributed by atoms with Crippen molar-refractivity contribution in [1.29, 1.82) is 10.8 Å². The maximum absolute atomic E-state index is 9.54. The van der Waals surface area contributed by atoms with Gasteiger partial charge in [-0.2, -0.15) is 0 Å². The van der Waals surface area contributed by atoms with Gasteiger partial charge >= 0.3 is 0 Å². The number of hydrogen-bond acceptors (Lipinski definition) is 8. The van der Waals surface area contributed by atoms with Gasteiger partial charge in [-0.05, 0) is 0 Å². The Morgan fingerprint density at radius 1 is 0.850 bits per heavy atom. The van der Waals surface area contributed by atoms with Crippen LogP contribution in [0.3, 0.4) is 0 Å². The number of methoxy groups -OCH3 is 2. The lowest BCUT2D eigenvalue weighted by molar-refractivity contribution is -0.0309. The number of nitrogens with two attached hydrogens (primary N) is 2. The molecule has 1 heterocycles. The maximum atomic E-state index is 9.54. The van der Waals surface area contributed by atoms with E-state index in [1.807, 2.05) is 0 Å². The fourth-order valence-electron chi connectivity index (χ4n) is 2.03. The van der Waals surface area contributed by atoms with Crippen LogP contribution in [0.1, 0.15) is 0 Å². The van der Waals surface area contributed by atoms with Crippen LogP contribution in [0.15, 0.2) is 0 Å². The minimum Gasteiger partial charge on any atom is -0.491 e. The van der Waals surface area contributed by atoms with Crippen LogP contribution < -0.4 is 31.9 Å². The van der Waals surface area contributed by atoms with Crippen molar-refractivity contribution in [1.82, 2.24) is 9.69 Å². The summed E-state index contributed by atoms with van der Waals surface area (Å²) in [5, 5.41) is 34.6. The summed E-state index contributed by atoms with van der Waals surface area (Å²) in [6.07, 6.45) is 0. The molecule has 0 saturated heterocycles. The Balaban J connectivity index is 3.26. The van der Waals surface area contributed by atoms with Gasteiger partial charge in [-0.3, -0.25) is 10.8 Å². The van der Waals surface area contributed by atoms with E-state index in [4.69, 9.17) is 31.8 Å². The summed E-state index contributed by atoms with van der Waals surface area (Å²) in [5.74, 6) is 0.169. The molecule has 2 rings (SSSR count). The van der Waals surface area contributed by atoms with Crippen LogP contribution >= 0.6 is 0 Å². The molecule has 0 aliphatic heterocycles. The molecule has 2 aromatic rings. The molecule has 0 fully saturated rings. The lowest BCUT2D eigenvalue weighted by atomic mass is 10.1. The predicted molar refractivity (Wildman–Crippen MR) is 67.9 cm³/mol. The first-order chi connectivity index (χ1) is 9.36. The van der Waals surface area contributed by atoms with Crippen molar-refractivity contribution >= 4 is 22.1 Å². The number of benzene rings is 1. The van der Waals surface area contributed by atoms with Crippen LogP contribution in [0, 0.1) is 10.8 Å². The van der Waals surface area contributed by atoms with Crippen molar-refractivity contribution in [2.45, 2.75) is 0 Å². The molecule has 0 spiro atoms. The molecule has 10 heteroatoms. The lowest BCUT2D eigenvalue weighted by Crippen LogP contribution is -2.37. The van der Waals surface area contributed by atoms with Gasteiger partial charge in [0.15, 0.2) is 22.5 Å². The van der Waals surface area contributed by atoms with Crippen LogP contribution in [0.4, 0.5) is 11.4 Å². The SMILES string of the molecule is COc1c(OC)c(N)c2c(=N)n(O)n(O)c(=N)c2c1N. The third kappa shape index (κ3) is 1.44. The number of rotatable bonds is 2. The molecule has 0 amide bonds. The van der Waals surface area contributed by atoms with Crippen molar-refractivity contribution in [2.24, 2.45) is 0 Å². The van der Waals surface area contributed by atoms with E-state index in [2.05, 4.69) is 0 Å². The van der Waals surface area contributed by atoms with Crippen molar-refractivity contribution in [2.75, 3.05) is 25.7 Å². The molecule has 0 saturated carbocycles. The predicted octanol–water partition coefficient (Wildman–Crippen LogP) is -0.942. The van der Waals surface area contributed by atoms with Gasteiger partial charge in [-0.15, -0.1) is 0 Å². The number of nitrogen functional groups attached to an aromatic ring is 2. The molecule has 0 aliphatic carbocycles. The first-order valence-corrected chi connectivity index (χ1v) is 5.35. The molecular weight excluding hydrogens is 268 g/mol. The molecule has 8 N–H and O–H groups in total. The molecule has 0 atom stereocenters. The van der Waals surface area contributed by atoms with Gasteiger partial charge in [0.2, 0.25) is 0 Å². The number of anilines is 2. The highest BCUT2D eigenvalue weighted by Crippen LogP contribution is 2.42. The van der Waals surface area contributed by atoms with Crippen molar-refractivity contribution in [3.8, 4) is 11.5 Å². The summed E-state index contributed by atoms with van der Waals surface area (Å²) in [5.41, 5.74) is 10.6. The van der Waals surface area contributed by atoms with Gasteiger partial charge in [0.25, 0.3) is 0 Å². The normalized spacial score (nSPS) is 10.7. The Kier molecular flexibility index (Phi) is 2.85. The smallest absolute Gasteiger partial charge is 0.194 e. The van der Waals surface area contributed by atoms with Crippen LogP contribution in [0.25, 0.3) is 10.8 Å². The van der Waals surface area contributed by atoms with Gasteiger partial charge in [-0.1, -0.05) is 9.69 Å². The van der Waals surface area contributed by atoms with E-state index in [1.165, 1.54) is 14.2 Å². The highest BCUT2D eigenvalue weighted by molar-refractivity contribution is 6.05. The maximum Gasteiger partial charge on any atom is 0.194 e. The summed E-state index contributed by atoms with van der Waals surface area (Å²) in [6, 6.07) is 0. The Labute approximate surface area is 111 Å². The first kappa shape index (κ1) is 13.4. The molecule has 10 nitrogen and oxygen atoms in total. The average Bonchev–Trinajstić information content (AvgIpc) is 2.43. The first-order valence-electron chi connectivity index (χ1n) is 5.35. The number of fused-ring (bicyclic) bond motifs is 1. The standard InChI is InChI=1S/C10H14N6O4/c1-19-7-5(11)3-4(6(12)8(7)20-2)10(14)16(18)15(17)9(3)13/h13-14,17-18H,11-12H2,1-2H3. The van der Waals surface area contributed by atoms with Crippen molar-refractivity contribution in [3.05, 3.63) is 11.0 Å². The largest absolute Gasteiger partial charge is 0.491 e. The molecule has 0 aliphatic rings. The van der Waals surface area contributed by atoms with Gasteiger partial charge in [-0.25, -0.2) is 0 Å². The summed E-state index contributed by atoms with van der Waals surface area (Å²) in [4.78, 5) is 0.124. The topological polar surface area (TPSA) is 169 Å². The third-order valence-electron chi connectivity index (χ3n) is 2.95. The third-order valence-corrected chi connectivity index (χ3v) is 2.95. The Morgan fingerprint density at radius 2 is 1.15 bits per heavy atom. The molecule has 1 aromatic heterocycles. The number of nitrogens with one attached hydrogen (secondary N) is 2. The highest BCUT2D eigenvalue weighted by Gasteiger charge is 2.22. The fourth-order valence-corrected chi connectivity index (χ4v) is 2.03. The Morgan fingerprint density at radius 3 is 1.40 bits per heavy atom. The van der Waals surface area contributed by atoms with Crippen LogP contribution in [-0.2, 0) is 0 Å². The second-order valence-electron chi connectivity index (χ2n) is 3.92. The lowest BCUT2D eigenvalue weighted by Gasteiger charge is -2.17. The highest BCUT2D eigenvalue weighted by atomic mass is 16.6. The van der Waals surface area contributed by atoms with E-state index in [1.54, 1.807) is 0 Å². The zero-order valence-corrected chi connectivity index (χ0v) is 10.8. The Hall–Kier alpha value is -3.04. The Bertz CT molecular complexity index is 753. The molecule has 108 valence electrons. The zero-order valence-electron chi connectivity index (χ0n) is 10.8. The van der Waals surface area contributed by atoms with Gasteiger partial charge in [0.1, 0.15) is 0 Å². The van der Waals surface area contributed by atoms with E-state index in [9.17, 15) is 10.4 Å². The molecule has 0 bridgehead atoms. The minimum absolute atomic E-state index is 0.0297. The minimum atomic E-state index is -0.552. The summed E-state index contributed by atoms with van der Waals surface area (Å²) >= 11 is 0. The number of hydrogen-bond donors (Lipinski definition) is 6. The quantitative estimate of drug-likeness (QED) is 0.306. The van der Waals surface area contributed by atoms with Gasteiger partial charge < -0.3 is 31.4 Å². The molecule has 1 aromatic carbocycles. The second-order valence-corrected chi connectivity index (χ2v) is 3.92.